The third-order valence-corrected chi connectivity index (χ3v) is 3.50. The lowest BCUT2D eigenvalue weighted by Gasteiger charge is -2.25. The van der Waals surface area contributed by atoms with E-state index in [1.807, 2.05) is 30.0 Å². The zero-order chi connectivity index (χ0) is 13.1. The average molecular weight is 257 g/mol. The summed E-state index contributed by atoms with van der Waals surface area (Å²) in [4.78, 5) is 8.75. The molecule has 2 N–H and O–H groups in total. The van der Waals surface area contributed by atoms with Gasteiger partial charge in [0, 0.05) is 31.2 Å². The Balaban J connectivity index is 1.87. The monoisotopic (exact) mass is 257 g/mol. The molecule has 0 radical (unpaired) electrons. The largest absolute Gasteiger partial charge is 0.378 e. The number of pyridine rings is 1. The molecule has 2 aromatic heterocycles. The van der Waals surface area contributed by atoms with Gasteiger partial charge in [0.2, 0.25) is 0 Å². The lowest BCUT2D eigenvalue weighted by atomic mass is 10.1. The lowest BCUT2D eigenvalue weighted by molar-refractivity contribution is 0.479. The van der Waals surface area contributed by atoms with E-state index in [0.717, 1.165) is 30.4 Å². The zero-order valence-corrected chi connectivity index (χ0v) is 11.1. The van der Waals surface area contributed by atoms with E-state index >= 15 is 0 Å². The van der Waals surface area contributed by atoms with Gasteiger partial charge in [0.15, 0.2) is 5.82 Å². The summed E-state index contributed by atoms with van der Waals surface area (Å²) in [6.07, 6.45) is 7.98. The number of piperidine rings is 1. The molecule has 2 aromatic rings. The summed E-state index contributed by atoms with van der Waals surface area (Å²) in [6, 6.07) is 4.52. The molecule has 3 heterocycles. The molecule has 0 amide bonds. The van der Waals surface area contributed by atoms with Gasteiger partial charge in [-0.25, -0.2) is 9.97 Å². The number of hydrogen-bond acceptors (Lipinski definition) is 4. The van der Waals surface area contributed by atoms with Gasteiger partial charge >= 0.3 is 0 Å². The second-order valence-corrected chi connectivity index (χ2v) is 4.91. The van der Waals surface area contributed by atoms with Crippen LogP contribution < -0.4 is 10.6 Å². The number of aryl methyl sites for hydroxylation is 1. The standard InChI is InChI=1S/C14H19N5/c1-11-16-8-9-19(11)14-13(5-3-7-17-14)18-12-4-2-6-15-10-12/h3,5,7-9,12,15,18H,2,4,6,10H2,1H3. The van der Waals surface area contributed by atoms with Crippen molar-refractivity contribution in [1.29, 1.82) is 0 Å². The van der Waals surface area contributed by atoms with E-state index < -0.39 is 0 Å². The first-order valence-electron chi connectivity index (χ1n) is 6.77. The molecule has 1 saturated heterocycles. The number of aromatic nitrogens is 3. The van der Waals surface area contributed by atoms with Crippen LogP contribution >= 0.6 is 0 Å². The predicted molar refractivity (Wildman–Crippen MR) is 75.6 cm³/mol. The minimum atomic E-state index is 0.473. The predicted octanol–water partition coefficient (Wildman–Crippen LogP) is 1.74. The summed E-state index contributed by atoms with van der Waals surface area (Å²) in [5.74, 6) is 1.87. The highest BCUT2D eigenvalue weighted by molar-refractivity contribution is 5.57. The van der Waals surface area contributed by atoms with Crippen molar-refractivity contribution in [2.45, 2.75) is 25.8 Å². The quantitative estimate of drug-likeness (QED) is 0.879. The van der Waals surface area contributed by atoms with Crippen LogP contribution in [0.1, 0.15) is 18.7 Å². The van der Waals surface area contributed by atoms with Gasteiger partial charge in [-0.1, -0.05) is 0 Å². The van der Waals surface area contributed by atoms with Gasteiger partial charge in [-0.2, -0.15) is 0 Å². The highest BCUT2D eigenvalue weighted by Crippen LogP contribution is 2.20. The minimum Gasteiger partial charge on any atom is -0.378 e. The summed E-state index contributed by atoms with van der Waals surface area (Å²) in [5, 5.41) is 7.01. The lowest BCUT2D eigenvalue weighted by Crippen LogP contribution is -2.38. The normalized spacial score (nSPS) is 19.3. The molecule has 19 heavy (non-hydrogen) atoms. The molecule has 1 aliphatic heterocycles. The summed E-state index contributed by atoms with van der Waals surface area (Å²) in [6.45, 7) is 4.12. The van der Waals surface area contributed by atoms with Crippen molar-refractivity contribution in [3.8, 4) is 5.82 Å². The van der Waals surface area contributed by atoms with Crippen LogP contribution in [-0.2, 0) is 0 Å². The number of hydrogen-bond donors (Lipinski definition) is 2. The van der Waals surface area contributed by atoms with Crippen LogP contribution in [0.4, 0.5) is 5.69 Å². The fourth-order valence-electron chi connectivity index (χ4n) is 2.50. The first kappa shape index (κ1) is 12.2. The number of anilines is 1. The van der Waals surface area contributed by atoms with Gasteiger partial charge in [-0.15, -0.1) is 0 Å². The van der Waals surface area contributed by atoms with Gasteiger partial charge in [0.05, 0.1) is 5.69 Å². The smallest absolute Gasteiger partial charge is 0.161 e. The molecule has 1 unspecified atom stereocenters. The minimum absolute atomic E-state index is 0.473. The van der Waals surface area contributed by atoms with Crippen molar-refractivity contribution in [2.75, 3.05) is 18.4 Å². The van der Waals surface area contributed by atoms with Crippen molar-refractivity contribution in [2.24, 2.45) is 0 Å². The van der Waals surface area contributed by atoms with E-state index in [1.165, 1.54) is 12.8 Å². The van der Waals surface area contributed by atoms with Crippen molar-refractivity contribution in [1.82, 2.24) is 19.9 Å². The fourth-order valence-corrected chi connectivity index (χ4v) is 2.50. The van der Waals surface area contributed by atoms with Crippen molar-refractivity contribution in [3.63, 3.8) is 0 Å². The van der Waals surface area contributed by atoms with E-state index in [2.05, 4.69) is 26.7 Å². The second kappa shape index (κ2) is 5.40. The van der Waals surface area contributed by atoms with Crippen LogP contribution in [-0.4, -0.2) is 33.7 Å². The summed E-state index contributed by atoms with van der Waals surface area (Å²) in [7, 11) is 0. The van der Waals surface area contributed by atoms with E-state index in [4.69, 9.17) is 0 Å². The maximum Gasteiger partial charge on any atom is 0.161 e. The van der Waals surface area contributed by atoms with Crippen LogP contribution in [0.15, 0.2) is 30.7 Å². The van der Waals surface area contributed by atoms with E-state index in [1.54, 1.807) is 6.20 Å². The molecule has 3 rings (SSSR count). The zero-order valence-electron chi connectivity index (χ0n) is 11.1. The van der Waals surface area contributed by atoms with Crippen LogP contribution in [0.3, 0.4) is 0 Å². The molecule has 0 aliphatic carbocycles. The Bertz CT molecular complexity index is 542. The van der Waals surface area contributed by atoms with Crippen molar-refractivity contribution < 1.29 is 0 Å². The van der Waals surface area contributed by atoms with Crippen LogP contribution in [0.25, 0.3) is 5.82 Å². The molecule has 0 aromatic carbocycles. The molecule has 1 aliphatic rings. The average Bonchev–Trinajstić information content (AvgIpc) is 2.87. The maximum absolute atomic E-state index is 4.49. The van der Waals surface area contributed by atoms with Gasteiger partial charge < -0.3 is 10.6 Å². The van der Waals surface area contributed by atoms with Crippen LogP contribution in [0, 0.1) is 6.92 Å². The molecule has 0 saturated carbocycles. The van der Waals surface area contributed by atoms with Gasteiger partial charge in [-0.3, -0.25) is 4.57 Å². The maximum atomic E-state index is 4.49. The van der Waals surface area contributed by atoms with Gasteiger partial charge in [0.1, 0.15) is 5.82 Å². The van der Waals surface area contributed by atoms with E-state index in [9.17, 15) is 0 Å². The number of rotatable bonds is 3. The first-order valence-corrected chi connectivity index (χ1v) is 6.77. The summed E-state index contributed by atoms with van der Waals surface area (Å²) >= 11 is 0. The number of imidazole rings is 1. The molecule has 5 nitrogen and oxygen atoms in total. The first-order chi connectivity index (χ1) is 9.34. The molecular formula is C14H19N5. The Morgan fingerprint density at radius 2 is 2.32 bits per heavy atom. The van der Waals surface area contributed by atoms with E-state index in [0.29, 0.717) is 6.04 Å². The summed E-state index contributed by atoms with van der Waals surface area (Å²) in [5.41, 5.74) is 1.07. The third kappa shape index (κ3) is 2.61. The van der Waals surface area contributed by atoms with Crippen LogP contribution in [0.2, 0.25) is 0 Å². The molecule has 0 bridgehead atoms. The highest BCUT2D eigenvalue weighted by atomic mass is 15.1. The van der Waals surface area contributed by atoms with Gasteiger partial charge in [-0.05, 0) is 38.4 Å². The number of nitrogens with one attached hydrogen (secondary N) is 2. The second-order valence-electron chi connectivity index (χ2n) is 4.91. The van der Waals surface area contributed by atoms with Gasteiger partial charge in [0.25, 0.3) is 0 Å². The fraction of sp³-hybridized carbons (Fsp3) is 0.429. The third-order valence-electron chi connectivity index (χ3n) is 3.50. The Labute approximate surface area is 113 Å². The topological polar surface area (TPSA) is 54.8 Å². The Kier molecular flexibility index (Phi) is 3.46. The number of nitrogens with zero attached hydrogens (tertiary/aromatic N) is 3. The molecule has 1 atom stereocenters. The Hall–Kier alpha value is -1.88. The van der Waals surface area contributed by atoms with Crippen LogP contribution in [0.5, 0.6) is 0 Å². The molecular weight excluding hydrogens is 238 g/mol. The van der Waals surface area contributed by atoms with E-state index in [-0.39, 0.29) is 0 Å². The van der Waals surface area contributed by atoms with Crippen molar-refractivity contribution >= 4 is 5.69 Å². The Morgan fingerprint density at radius 1 is 1.37 bits per heavy atom. The molecule has 5 heteroatoms. The summed E-state index contributed by atoms with van der Waals surface area (Å²) < 4.78 is 2.01. The molecule has 100 valence electrons. The Morgan fingerprint density at radius 3 is 3.05 bits per heavy atom. The van der Waals surface area contributed by atoms with Crippen molar-refractivity contribution in [3.05, 3.63) is 36.5 Å². The molecule has 1 fully saturated rings. The molecule has 0 spiro atoms. The SMILES string of the molecule is Cc1nccn1-c1ncccc1NC1CCCNC1. The highest BCUT2D eigenvalue weighted by Gasteiger charge is 2.15.